The molecule has 0 unspecified atom stereocenters. The molecule has 0 bridgehead atoms. The minimum Gasteiger partial charge on any atom is -0.355 e. The lowest BCUT2D eigenvalue weighted by Gasteiger charge is -2.13. The molecule has 0 aliphatic heterocycles. The van der Waals surface area contributed by atoms with Crippen molar-refractivity contribution >= 4 is 46.3 Å². The van der Waals surface area contributed by atoms with Crippen LogP contribution in [0.3, 0.4) is 0 Å². The van der Waals surface area contributed by atoms with Crippen LogP contribution in [0.1, 0.15) is 22.4 Å². The fourth-order valence-corrected chi connectivity index (χ4v) is 2.92. The number of hydrogen-bond donors (Lipinski definition) is 1. The fraction of sp³-hybridized carbons (Fsp3) is 0.211. The molecule has 0 saturated carbocycles. The summed E-state index contributed by atoms with van der Waals surface area (Å²) in [6.45, 7) is 8.24. The van der Waals surface area contributed by atoms with Crippen LogP contribution >= 0.6 is 24.0 Å². The van der Waals surface area contributed by atoms with Crippen molar-refractivity contribution in [1.82, 2.24) is 4.98 Å². The van der Waals surface area contributed by atoms with Gasteiger partial charge in [-0.2, -0.15) is 0 Å². The molecule has 0 saturated heterocycles. The van der Waals surface area contributed by atoms with Gasteiger partial charge >= 0.3 is 0 Å². The van der Waals surface area contributed by atoms with E-state index in [1.165, 1.54) is 11.1 Å². The number of aromatic nitrogens is 1. The van der Waals surface area contributed by atoms with Crippen LogP contribution in [-0.4, -0.2) is 4.98 Å². The second-order valence-corrected chi connectivity index (χ2v) is 6.29. The van der Waals surface area contributed by atoms with E-state index in [0.29, 0.717) is 0 Å². The Balaban J connectivity index is 0.00000192. The molecule has 0 atom stereocenters. The number of aryl methyl sites for hydroxylation is 4. The van der Waals surface area contributed by atoms with Crippen LogP contribution in [0, 0.1) is 27.7 Å². The van der Waals surface area contributed by atoms with E-state index in [4.69, 9.17) is 11.6 Å². The maximum atomic E-state index is 6.23. The summed E-state index contributed by atoms with van der Waals surface area (Å²) in [6.07, 6.45) is 0. The summed E-state index contributed by atoms with van der Waals surface area (Å²) in [5, 5.41) is 5.40. The standard InChI is InChI=1S/C19H19ClN2.ClH/c1-11-7-13(3)19-16(8-11)18(9-14(4)21-19)22-15-6-5-12(2)17(20)10-15;/h5-10H,1-4H3,(H,21,22);1H. The highest BCUT2D eigenvalue weighted by atomic mass is 35.5. The lowest BCUT2D eigenvalue weighted by Crippen LogP contribution is -1.97. The maximum Gasteiger partial charge on any atom is 0.0755 e. The van der Waals surface area contributed by atoms with Gasteiger partial charge in [0.15, 0.2) is 0 Å². The van der Waals surface area contributed by atoms with Gasteiger partial charge in [0.1, 0.15) is 0 Å². The SMILES string of the molecule is Cc1cc(C)c2nc(C)cc(Nc3ccc(C)c(Cl)c3)c2c1.Cl. The number of nitrogens with one attached hydrogen (secondary N) is 1. The topological polar surface area (TPSA) is 24.9 Å². The van der Waals surface area contributed by atoms with Crippen LogP contribution < -0.4 is 5.32 Å². The average molecular weight is 347 g/mol. The molecule has 1 aromatic heterocycles. The van der Waals surface area contributed by atoms with E-state index in [1.54, 1.807) is 0 Å². The van der Waals surface area contributed by atoms with E-state index >= 15 is 0 Å². The summed E-state index contributed by atoms with van der Waals surface area (Å²) in [4.78, 5) is 4.68. The monoisotopic (exact) mass is 346 g/mol. The van der Waals surface area contributed by atoms with Crippen molar-refractivity contribution in [1.29, 1.82) is 0 Å². The summed E-state index contributed by atoms with van der Waals surface area (Å²) in [7, 11) is 0. The third kappa shape index (κ3) is 3.60. The van der Waals surface area contributed by atoms with Gasteiger partial charge < -0.3 is 5.32 Å². The molecular weight excluding hydrogens is 327 g/mol. The molecule has 1 heterocycles. The molecule has 0 amide bonds. The van der Waals surface area contributed by atoms with Crippen molar-refractivity contribution in [2.24, 2.45) is 0 Å². The molecule has 0 radical (unpaired) electrons. The van der Waals surface area contributed by atoms with E-state index < -0.39 is 0 Å². The highest BCUT2D eigenvalue weighted by molar-refractivity contribution is 6.31. The van der Waals surface area contributed by atoms with E-state index in [-0.39, 0.29) is 12.4 Å². The van der Waals surface area contributed by atoms with Crippen molar-refractivity contribution in [3.63, 3.8) is 0 Å². The van der Waals surface area contributed by atoms with Crippen LogP contribution in [0.2, 0.25) is 5.02 Å². The predicted octanol–water partition coefficient (Wildman–Crippen LogP) is 6.29. The van der Waals surface area contributed by atoms with Gasteiger partial charge in [-0.05, 0) is 63.1 Å². The van der Waals surface area contributed by atoms with Crippen LogP contribution in [0.4, 0.5) is 11.4 Å². The Morgan fingerprint density at radius 2 is 1.65 bits per heavy atom. The molecule has 0 aliphatic carbocycles. The second-order valence-electron chi connectivity index (χ2n) is 5.88. The summed E-state index contributed by atoms with van der Waals surface area (Å²) in [5.41, 5.74) is 7.61. The first-order valence-electron chi connectivity index (χ1n) is 7.36. The molecule has 4 heteroatoms. The third-order valence-electron chi connectivity index (χ3n) is 3.83. The maximum absolute atomic E-state index is 6.23. The zero-order valence-corrected chi connectivity index (χ0v) is 15.3. The molecule has 1 N–H and O–H groups in total. The molecule has 0 spiro atoms. The molecule has 2 aromatic carbocycles. The van der Waals surface area contributed by atoms with Gasteiger partial charge in [-0.15, -0.1) is 12.4 Å². The lowest BCUT2D eigenvalue weighted by molar-refractivity contribution is 1.23. The summed E-state index contributed by atoms with van der Waals surface area (Å²) in [5.74, 6) is 0. The van der Waals surface area contributed by atoms with E-state index in [2.05, 4.69) is 42.3 Å². The molecule has 0 aliphatic rings. The molecular formula is C19H20Cl2N2. The van der Waals surface area contributed by atoms with Gasteiger partial charge in [-0.1, -0.05) is 29.3 Å². The Morgan fingerprint density at radius 1 is 0.913 bits per heavy atom. The number of rotatable bonds is 2. The van der Waals surface area contributed by atoms with Crippen LogP contribution in [0.25, 0.3) is 10.9 Å². The highest BCUT2D eigenvalue weighted by Gasteiger charge is 2.08. The zero-order chi connectivity index (χ0) is 15.9. The number of anilines is 2. The summed E-state index contributed by atoms with van der Waals surface area (Å²) in [6, 6.07) is 12.5. The van der Waals surface area contributed by atoms with Gasteiger partial charge in [0.05, 0.1) is 5.52 Å². The summed E-state index contributed by atoms with van der Waals surface area (Å²) < 4.78 is 0. The fourth-order valence-electron chi connectivity index (χ4n) is 2.74. The second kappa shape index (κ2) is 6.77. The Hall–Kier alpha value is -1.77. The van der Waals surface area contributed by atoms with Crippen LogP contribution in [0.15, 0.2) is 36.4 Å². The number of nitrogens with zero attached hydrogens (tertiary/aromatic N) is 1. The Bertz CT molecular complexity index is 873. The molecule has 23 heavy (non-hydrogen) atoms. The van der Waals surface area contributed by atoms with Crippen LogP contribution in [-0.2, 0) is 0 Å². The number of pyridine rings is 1. The molecule has 2 nitrogen and oxygen atoms in total. The van der Waals surface area contributed by atoms with Crippen molar-refractivity contribution < 1.29 is 0 Å². The Kier molecular flexibility index (Phi) is 5.18. The van der Waals surface area contributed by atoms with E-state index in [0.717, 1.165) is 38.6 Å². The van der Waals surface area contributed by atoms with Crippen molar-refractivity contribution in [3.8, 4) is 0 Å². The van der Waals surface area contributed by atoms with Gasteiger partial charge in [-0.25, -0.2) is 0 Å². The van der Waals surface area contributed by atoms with Gasteiger partial charge in [-0.3, -0.25) is 4.98 Å². The predicted molar refractivity (Wildman–Crippen MR) is 103 cm³/mol. The molecule has 3 aromatic rings. The first-order valence-corrected chi connectivity index (χ1v) is 7.73. The molecule has 120 valence electrons. The Labute approximate surface area is 148 Å². The number of halogens is 2. The minimum absolute atomic E-state index is 0. The normalized spacial score (nSPS) is 10.5. The molecule has 0 fully saturated rings. The minimum atomic E-state index is 0. The van der Waals surface area contributed by atoms with Crippen molar-refractivity contribution in [3.05, 3.63) is 63.8 Å². The number of fused-ring (bicyclic) bond motifs is 1. The largest absolute Gasteiger partial charge is 0.355 e. The lowest BCUT2D eigenvalue weighted by atomic mass is 10.0. The van der Waals surface area contributed by atoms with Gasteiger partial charge in [0, 0.05) is 27.5 Å². The van der Waals surface area contributed by atoms with Gasteiger partial charge in [0.25, 0.3) is 0 Å². The van der Waals surface area contributed by atoms with Gasteiger partial charge in [0.2, 0.25) is 0 Å². The number of benzene rings is 2. The first-order chi connectivity index (χ1) is 10.4. The zero-order valence-electron chi connectivity index (χ0n) is 13.7. The smallest absolute Gasteiger partial charge is 0.0755 e. The average Bonchev–Trinajstić information content (AvgIpc) is 2.44. The van der Waals surface area contributed by atoms with Crippen molar-refractivity contribution in [2.45, 2.75) is 27.7 Å². The van der Waals surface area contributed by atoms with E-state index in [1.807, 2.05) is 32.0 Å². The quantitative estimate of drug-likeness (QED) is 0.589. The third-order valence-corrected chi connectivity index (χ3v) is 4.23. The molecule has 3 rings (SSSR count). The summed E-state index contributed by atoms with van der Waals surface area (Å²) >= 11 is 6.23. The first kappa shape index (κ1) is 17.6. The van der Waals surface area contributed by atoms with Crippen molar-refractivity contribution in [2.75, 3.05) is 5.32 Å². The van der Waals surface area contributed by atoms with Crippen LogP contribution in [0.5, 0.6) is 0 Å². The number of hydrogen-bond acceptors (Lipinski definition) is 2. The Morgan fingerprint density at radius 3 is 2.35 bits per heavy atom. The van der Waals surface area contributed by atoms with E-state index in [9.17, 15) is 0 Å². The highest BCUT2D eigenvalue weighted by Crippen LogP contribution is 2.30.